The number of nitrogens with one attached hydrogen (secondary N) is 2. The lowest BCUT2D eigenvalue weighted by Crippen LogP contribution is -2.09. The molecule has 27 heavy (non-hydrogen) atoms. The first kappa shape index (κ1) is 19.2. The zero-order valence-corrected chi connectivity index (χ0v) is 16.4. The molecule has 0 saturated carbocycles. The second-order valence-electron chi connectivity index (χ2n) is 6.38. The van der Waals surface area contributed by atoms with Gasteiger partial charge in [-0.2, -0.15) is 0 Å². The Kier molecular flexibility index (Phi) is 5.39. The van der Waals surface area contributed by atoms with Crippen LogP contribution in [-0.4, -0.2) is 25.4 Å². The second kappa shape index (κ2) is 7.58. The summed E-state index contributed by atoms with van der Waals surface area (Å²) in [7, 11) is -3.30. The summed E-state index contributed by atoms with van der Waals surface area (Å²) in [4.78, 5) is 15.8. The number of rotatable bonds is 6. The Hall–Kier alpha value is -2.57. The molecule has 0 aliphatic rings. The molecule has 1 heterocycles. The van der Waals surface area contributed by atoms with E-state index in [0.29, 0.717) is 22.0 Å². The first-order valence-electron chi connectivity index (χ1n) is 8.30. The highest BCUT2D eigenvalue weighted by Crippen LogP contribution is 2.25. The second-order valence-corrected chi connectivity index (χ2v) is 8.57. The molecule has 3 aromatic rings. The molecule has 0 aliphatic carbocycles. The van der Waals surface area contributed by atoms with Crippen molar-refractivity contribution in [3.05, 3.63) is 88.2 Å². The van der Waals surface area contributed by atoms with E-state index in [-0.39, 0.29) is 11.7 Å². The highest BCUT2D eigenvalue weighted by atomic mass is 35.5. The van der Waals surface area contributed by atoms with Gasteiger partial charge in [-0.25, -0.2) is 8.42 Å². The monoisotopic (exact) mass is 402 g/mol. The maximum Gasteiger partial charge on any atom is 0.229 e. The van der Waals surface area contributed by atoms with E-state index >= 15 is 0 Å². The van der Waals surface area contributed by atoms with Crippen molar-refractivity contribution < 1.29 is 13.2 Å². The van der Waals surface area contributed by atoms with Crippen molar-refractivity contribution in [2.24, 2.45) is 0 Å². The molecular weight excluding hydrogens is 384 g/mol. The van der Waals surface area contributed by atoms with Crippen molar-refractivity contribution in [2.45, 2.75) is 12.8 Å². The molecule has 0 aliphatic heterocycles. The van der Waals surface area contributed by atoms with Gasteiger partial charge in [0.2, 0.25) is 15.8 Å². The summed E-state index contributed by atoms with van der Waals surface area (Å²) in [5.41, 5.74) is 3.49. The van der Waals surface area contributed by atoms with Gasteiger partial charge in [0.15, 0.2) is 0 Å². The summed E-state index contributed by atoms with van der Waals surface area (Å²) in [5.74, 6) is -0.0816. The average molecular weight is 403 g/mol. The number of ketones is 1. The largest absolute Gasteiger partial charge is 0.355 e. The van der Waals surface area contributed by atoms with E-state index in [9.17, 15) is 13.2 Å². The number of anilines is 1. The van der Waals surface area contributed by atoms with Crippen LogP contribution in [0.15, 0.2) is 60.7 Å². The number of carbonyl (C=O) groups is 1. The number of carbonyl (C=O) groups excluding carboxylic acids is 1. The Morgan fingerprint density at radius 2 is 1.63 bits per heavy atom. The van der Waals surface area contributed by atoms with Gasteiger partial charge in [0.05, 0.1) is 11.9 Å². The van der Waals surface area contributed by atoms with Gasteiger partial charge in [0.25, 0.3) is 0 Å². The third-order valence-corrected chi connectivity index (χ3v) is 5.10. The van der Waals surface area contributed by atoms with E-state index in [1.807, 2.05) is 25.1 Å². The molecule has 1 aromatic heterocycles. The molecule has 0 amide bonds. The molecule has 1 atom stereocenters. The first-order chi connectivity index (χ1) is 12.7. The lowest BCUT2D eigenvalue weighted by molar-refractivity contribution is 0.103. The van der Waals surface area contributed by atoms with Gasteiger partial charge in [0.1, 0.15) is 0 Å². The molecule has 140 valence electrons. The Morgan fingerprint density at radius 1 is 1.00 bits per heavy atom. The summed E-state index contributed by atoms with van der Waals surface area (Å²) in [6.45, 7) is 2.02. The highest BCUT2D eigenvalue weighted by molar-refractivity contribution is 7.92. The van der Waals surface area contributed by atoms with Gasteiger partial charge in [-0.05, 0) is 54.1 Å². The van der Waals surface area contributed by atoms with Crippen molar-refractivity contribution in [3.63, 3.8) is 0 Å². The molecule has 0 saturated heterocycles. The lowest BCUT2D eigenvalue weighted by atomic mass is 9.98. The van der Waals surface area contributed by atoms with Crippen LogP contribution in [0, 0.1) is 0 Å². The van der Waals surface area contributed by atoms with Gasteiger partial charge in [-0.15, -0.1) is 0 Å². The van der Waals surface area contributed by atoms with Crippen LogP contribution in [0.25, 0.3) is 0 Å². The van der Waals surface area contributed by atoms with E-state index < -0.39 is 10.0 Å². The van der Waals surface area contributed by atoms with Crippen LogP contribution < -0.4 is 4.72 Å². The maximum atomic E-state index is 12.6. The molecule has 0 spiro atoms. The van der Waals surface area contributed by atoms with Crippen LogP contribution in [0.1, 0.15) is 40.2 Å². The normalized spacial score (nSPS) is 12.6. The Bertz CT molecular complexity index is 1060. The minimum Gasteiger partial charge on any atom is -0.355 e. The van der Waals surface area contributed by atoms with E-state index in [0.717, 1.165) is 17.5 Å². The Labute approximate surface area is 163 Å². The third kappa shape index (κ3) is 4.78. The van der Waals surface area contributed by atoms with E-state index in [1.165, 1.54) is 0 Å². The van der Waals surface area contributed by atoms with Crippen LogP contribution in [0.5, 0.6) is 0 Å². The first-order valence-corrected chi connectivity index (χ1v) is 10.6. The van der Waals surface area contributed by atoms with E-state index in [2.05, 4.69) is 9.71 Å². The zero-order chi connectivity index (χ0) is 19.6. The van der Waals surface area contributed by atoms with Gasteiger partial charge >= 0.3 is 0 Å². The molecule has 0 bridgehead atoms. The summed E-state index contributed by atoms with van der Waals surface area (Å²) in [6.07, 6.45) is 1.11. The highest BCUT2D eigenvalue weighted by Gasteiger charge is 2.15. The van der Waals surface area contributed by atoms with Crippen molar-refractivity contribution in [1.82, 2.24) is 4.98 Å². The van der Waals surface area contributed by atoms with Crippen LogP contribution in [0.4, 0.5) is 5.69 Å². The zero-order valence-electron chi connectivity index (χ0n) is 14.9. The number of sulfonamides is 1. The molecule has 2 N–H and O–H groups in total. The molecule has 5 nitrogen and oxygen atoms in total. The van der Waals surface area contributed by atoms with Gasteiger partial charge in [-0.1, -0.05) is 30.7 Å². The Balaban J connectivity index is 1.77. The standard InChI is InChI=1S/C20H19ClN2O3S/c1-13(14-5-9-17(10-6-14)23-27(2,25)26)18-11-12-19(22-18)20(24)15-3-7-16(21)8-4-15/h3-13,22-23H,1-2H3. The summed E-state index contributed by atoms with van der Waals surface area (Å²) >= 11 is 5.87. The minimum atomic E-state index is -3.30. The van der Waals surface area contributed by atoms with E-state index in [4.69, 9.17) is 11.6 Å². The summed E-state index contributed by atoms with van der Waals surface area (Å²) in [5, 5.41) is 0.584. The molecule has 3 rings (SSSR count). The molecule has 1 unspecified atom stereocenters. The van der Waals surface area contributed by atoms with Crippen LogP contribution in [-0.2, 0) is 10.0 Å². The van der Waals surface area contributed by atoms with Gasteiger partial charge in [0, 0.05) is 27.9 Å². The topological polar surface area (TPSA) is 79.0 Å². The van der Waals surface area contributed by atoms with Gasteiger partial charge in [-0.3, -0.25) is 9.52 Å². The number of hydrogen-bond acceptors (Lipinski definition) is 3. The fraction of sp³-hybridized carbons (Fsp3) is 0.150. The van der Waals surface area contributed by atoms with Crippen molar-refractivity contribution in [1.29, 1.82) is 0 Å². The van der Waals surface area contributed by atoms with E-state index in [1.54, 1.807) is 42.5 Å². The summed E-state index contributed by atoms with van der Waals surface area (Å²) < 4.78 is 25.0. The molecule has 0 fully saturated rings. The predicted octanol–water partition coefficient (Wildman–Crippen LogP) is 4.42. The van der Waals surface area contributed by atoms with Crippen molar-refractivity contribution >= 4 is 33.1 Å². The molecular formula is C20H19ClN2O3S. The fourth-order valence-electron chi connectivity index (χ4n) is 2.79. The smallest absolute Gasteiger partial charge is 0.229 e. The average Bonchev–Trinajstić information content (AvgIpc) is 3.10. The van der Waals surface area contributed by atoms with Crippen molar-refractivity contribution in [2.75, 3.05) is 11.0 Å². The minimum absolute atomic E-state index is 0.0176. The van der Waals surface area contributed by atoms with Crippen LogP contribution in [0.3, 0.4) is 0 Å². The SMILES string of the molecule is CC(c1ccc(NS(C)(=O)=O)cc1)c1ccc(C(=O)c2ccc(Cl)cc2)[nH]1. The number of halogens is 1. The third-order valence-electron chi connectivity index (χ3n) is 4.24. The van der Waals surface area contributed by atoms with Crippen LogP contribution in [0.2, 0.25) is 5.02 Å². The van der Waals surface area contributed by atoms with Crippen LogP contribution >= 0.6 is 11.6 Å². The number of H-pyrrole nitrogens is 1. The van der Waals surface area contributed by atoms with Gasteiger partial charge < -0.3 is 4.98 Å². The molecule has 7 heteroatoms. The lowest BCUT2D eigenvalue weighted by Gasteiger charge is -2.12. The Morgan fingerprint density at radius 3 is 2.22 bits per heavy atom. The summed E-state index contributed by atoms with van der Waals surface area (Å²) in [6, 6.07) is 17.6. The number of aromatic nitrogens is 1. The number of aromatic amines is 1. The predicted molar refractivity (Wildman–Crippen MR) is 108 cm³/mol. The maximum absolute atomic E-state index is 12.6. The molecule has 0 radical (unpaired) electrons. The van der Waals surface area contributed by atoms with Crippen molar-refractivity contribution in [3.8, 4) is 0 Å². The number of benzene rings is 2. The number of hydrogen-bond donors (Lipinski definition) is 2. The quantitative estimate of drug-likeness (QED) is 0.599. The molecule has 2 aromatic carbocycles. The fourth-order valence-corrected chi connectivity index (χ4v) is 3.48.